The summed E-state index contributed by atoms with van der Waals surface area (Å²) in [6.45, 7) is 8.15. The molecule has 1 N–H and O–H groups in total. The van der Waals surface area contributed by atoms with Gasteiger partial charge >= 0.3 is 0 Å². The maximum atomic E-state index is 12.8. The molecule has 0 aliphatic rings. The van der Waals surface area contributed by atoms with E-state index in [1.54, 1.807) is 0 Å². The van der Waals surface area contributed by atoms with Crippen molar-refractivity contribution in [2.75, 3.05) is 0 Å². The zero-order chi connectivity index (χ0) is 16.6. The number of fused-ring (bicyclic) bond motifs is 1. The highest BCUT2D eigenvalue weighted by Gasteiger charge is 2.22. The fourth-order valence-corrected chi connectivity index (χ4v) is 3.90. The average Bonchev–Trinajstić information content (AvgIpc) is 3.13. The number of aromatic nitrogens is 2. The Morgan fingerprint density at radius 1 is 1.35 bits per heavy atom. The first-order valence-corrected chi connectivity index (χ1v) is 8.67. The Morgan fingerprint density at radius 2 is 2.04 bits per heavy atom. The number of hydrogen-bond acceptors (Lipinski definition) is 3. The molecule has 0 aliphatic heterocycles. The molecule has 5 heteroatoms. The second-order valence-corrected chi connectivity index (χ2v) is 6.91. The number of nitrogens with zero attached hydrogens (tertiary/aromatic N) is 2. The van der Waals surface area contributed by atoms with E-state index in [1.165, 1.54) is 11.3 Å². The van der Waals surface area contributed by atoms with Crippen LogP contribution in [0.15, 0.2) is 30.6 Å². The number of hydrogen-bond donors (Lipinski definition) is 1. The van der Waals surface area contributed by atoms with Gasteiger partial charge in [-0.25, -0.2) is 4.98 Å². The summed E-state index contributed by atoms with van der Waals surface area (Å²) in [5.41, 5.74) is 3.06. The predicted octanol–water partition coefficient (Wildman–Crippen LogP) is 4.23. The fourth-order valence-electron chi connectivity index (χ4n) is 2.70. The summed E-state index contributed by atoms with van der Waals surface area (Å²) in [6.07, 6.45) is 4.85. The zero-order valence-electron chi connectivity index (χ0n) is 13.9. The second kappa shape index (κ2) is 6.16. The van der Waals surface area contributed by atoms with E-state index in [2.05, 4.69) is 30.2 Å². The quantitative estimate of drug-likeness (QED) is 0.779. The van der Waals surface area contributed by atoms with Gasteiger partial charge < -0.3 is 9.88 Å². The van der Waals surface area contributed by atoms with Gasteiger partial charge in [0.05, 0.1) is 5.69 Å². The molecular weight excluding hydrogens is 306 g/mol. The van der Waals surface area contributed by atoms with Gasteiger partial charge in [-0.15, -0.1) is 11.3 Å². The Bertz CT molecular complexity index is 849. The third-order valence-electron chi connectivity index (χ3n) is 4.02. The minimum absolute atomic E-state index is 0.0249. The Morgan fingerprint density at radius 3 is 2.70 bits per heavy atom. The van der Waals surface area contributed by atoms with E-state index in [1.807, 2.05) is 42.9 Å². The highest BCUT2D eigenvalue weighted by molar-refractivity contribution is 7.21. The molecule has 4 nitrogen and oxygen atoms in total. The van der Waals surface area contributed by atoms with Gasteiger partial charge in [0.15, 0.2) is 0 Å². The van der Waals surface area contributed by atoms with Crippen LogP contribution >= 0.6 is 11.3 Å². The largest absolute Gasteiger partial charge is 0.349 e. The van der Waals surface area contributed by atoms with Gasteiger partial charge in [0.2, 0.25) is 0 Å². The molecule has 0 radical (unpaired) electrons. The fraction of sp³-hybridized carbons (Fsp3) is 0.333. The van der Waals surface area contributed by atoms with Gasteiger partial charge in [0.25, 0.3) is 5.91 Å². The topological polar surface area (TPSA) is 46.9 Å². The van der Waals surface area contributed by atoms with Gasteiger partial charge in [-0.3, -0.25) is 4.79 Å². The number of nitrogens with one attached hydrogen (secondary N) is 1. The second-order valence-electron chi connectivity index (χ2n) is 5.91. The molecule has 0 bridgehead atoms. The first-order chi connectivity index (χ1) is 11.0. The van der Waals surface area contributed by atoms with Crippen LogP contribution in [-0.4, -0.2) is 21.5 Å². The Hall–Kier alpha value is -2.14. The predicted molar refractivity (Wildman–Crippen MR) is 95.6 cm³/mol. The summed E-state index contributed by atoms with van der Waals surface area (Å²) >= 11 is 1.47. The third-order valence-corrected chi connectivity index (χ3v) is 5.09. The number of carbonyl (C=O) groups is 1. The lowest BCUT2D eigenvalue weighted by molar-refractivity contribution is 0.0943. The first-order valence-electron chi connectivity index (χ1n) is 7.86. The maximum Gasteiger partial charge on any atom is 0.263 e. The molecule has 1 amide bonds. The van der Waals surface area contributed by atoms with Gasteiger partial charge in [-0.2, -0.15) is 0 Å². The van der Waals surface area contributed by atoms with Crippen molar-refractivity contribution < 1.29 is 4.79 Å². The lowest BCUT2D eigenvalue weighted by Gasteiger charge is -2.12. The van der Waals surface area contributed by atoms with Crippen LogP contribution in [0.3, 0.4) is 0 Å². The summed E-state index contributed by atoms with van der Waals surface area (Å²) in [5, 5.41) is 4.13. The molecule has 0 saturated carbocycles. The molecule has 0 aliphatic carbocycles. The molecule has 3 rings (SSSR count). The van der Waals surface area contributed by atoms with Crippen LogP contribution in [0, 0.1) is 13.8 Å². The monoisotopic (exact) mass is 327 g/mol. The number of aryl methyl sites for hydroxylation is 2. The molecule has 3 aromatic rings. The number of amides is 1. The van der Waals surface area contributed by atoms with Crippen molar-refractivity contribution in [3.63, 3.8) is 0 Å². The molecule has 0 unspecified atom stereocenters. The smallest absolute Gasteiger partial charge is 0.263 e. The van der Waals surface area contributed by atoms with Crippen molar-refractivity contribution in [1.82, 2.24) is 14.9 Å². The van der Waals surface area contributed by atoms with E-state index in [9.17, 15) is 4.79 Å². The van der Waals surface area contributed by atoms with Crippen LogP contribution in [0.25, 0.3) is 15.9 Å². The zero-order valence-corrected chi connectivity index (χ0v) is 14.7. The normalized spacial score (nSPS) is 12.5. The number of rotatable bonds is 4. The highest BCUT2D eigenvalue weighted by Crippen LogP contribution is 2.35. The van der Waals surface area contributed by atoms with E-state index < -0.39 is 0 Å². The van der Waals surface area contributed by atoms with Crippen molar-refractivity contribution in [1.29, 1.82) is 0 Å². The SMILES string of the molecule is CC[C@H](C)NC(=O)c1sc2nc(C)cc(C)c2c1-n1cccc1. The van der Waals surface area contributed by atoms with Crippen LogP contribution in [0.1, 0.15) is 41.2 Å². The van der Waals surface area contributed by atoms with Crippen LogP contribution in [0.4, 0.5) is 0 Å². The Labute approximate surface area is 140 Å². The summed E-state index contributed by atoms with van der Waals surface area (Å²) in [6, 6.07) is 6.16. The Balaban J connectivity index is 2.23. The highest BCUT2D eigenvalue weighted by atomic mass is 32.1. The maximum absolute atomic E-state index is 12.8. The summed E-state index contributed by atoms with van der Waals surface area (Å²) in [5.74, 6) is -0.0249. The van der Waals surface area contributed by atoms with Crippen molar-refractivity contribution in [2.24, 2.45) is 0 Å². The molecular formula is C18H21N3OS. The van der Waals surface area contributed by atoms with Gasteiger partial charge in [0, 0.05) is 29.5 Å². The average molecular weight is 327 g/mol. The van der Waals surface area contributed by atoms with E-state index >= 15 is 0 Å². The minimum atomic E-state index is -0.0249. The summed E-state index contributed by atoms with van der Waals surface area (Å²) in [4.78, 5) is 19.0. The number of pyridine rings is 1. The lowest BCUT2D eigenvalue weighted by Crippen LogP contribution is -2.31. The van der Waals surface area contributed by atoms with Crippen molar-refractivity contribution in [3.8, 4) is 5.69 Å². The molecule has 0 fully saturated rings. The van der Waals surface area contributed by atoms with Crippen molar-refractivity contribution >= 4 is 27.5 Å². The van der Waals surface area contributed by atoms with Gasteiger partial charge in [0.1, 0.15) is 9.71 Å². The Kier molecular flexibility index (Phi) is 4.22. The van der Waals surface area contributed by atoms with Crippen LogP contribution < -0.4 is 5.32 Å². The molecule has 23 heavy (non-hydrogen) atoms. The molecule has 0 aromatic carbocycles. The molecule has 0 saturated heterocycles. The molecule has 3 aromatic heterocycles. The number of carbonyl (C=O) groups excluding carboxylic acids is 1. The minimum Gasteiger partial charge on any atom is -0.349 e. The summed E-state index contributed by atoms with van der Waals surface area (Å²) in [7, 11) is 0. The summed E-state index contributed by atoms with van der Waals surface area (Å²) < 4.78 is 2.01. The van der Waals surface area contributed by atoms with Crippen molar-refractivity contribution in [2.45, 2.75) is 40.2 Å². The van der Waals surface area contributed by atoms with E-state index in [0.29, 0.717) is 0 Å². The number of thiophene rings is 1. The van der Waals surface area contributed by atoms with Crippen LogP contribution in [0.2, 0.25) is 0 Å². The standard InChI is InChI=1S/C18H21N3OS/c1-5-12(3)19-17(22)16-15(21-8-6-7-9-21)14-11(2)10-13(4)20-18(14)23-16/h6-10,12H,5H2,1-4H3,(H,19,22)/t12-/m0/s1. The van der Waals surface area contributed by atoms with Crippen LogP contribution in [0.5, 0.6) is 0 Å². The van der Waals surface area contributed by atoms with E-state index in [0.717, 1.165) is 38.5 Å². The van der Waals surface area contributed by atoms with Gasteiger partial charge in [-0.1, -0.05) is 6.92 Å². The van der Waals surface area contributed by atoms with E-state index in [-0.39, 0.29) is 11.9 Å². The van der Waals surface area contributed by atoms with Crippen molar-refractivity contribution in [3.05, 3.63) is 46.7 Å². The molecule has 120 valence electrons. The third kappa shape index (κ3) is 2.88. The molecule has 0 spiro atoms. The molecule has 3 heterocycles. The van der Waals surface area contributed by atoms with Crippen LogP contribution in [-0.2, 0) is 0 Å². The molecule has 1 atom stereocenters. The van der Waals surface area contributed by atoms with E-state index in [4.69, 9.17) is 0 Å². The lowest BCUT2D eigenvalue weighted by atomic mass is 10.1. The first kappa shape index (κ1) is 15.7. The van der Waals surface area contributed by atoms with Gasteiger partial charge in [-0.05, 0) is 51.0 Å².